The van der Waals surface area contributed by atoms with Crippen LogP contribution in [0.4, 0.5) is 0 Å². The number of carbonyl (C=O) groups is 1. The summed E-state index contributed by atoms with van der Waals surface area (Å²) in [7, 11) is -0.818. The predicted molar refractivity (Wildman–Crippen MR) is 133 cm³/mol. The van der Waals surface area contributed by atoms with Crippen LogP contribution in [0.25, 0.3) is 0 Å². The molecule has 1 atom stereocenters. The molecule has 34 heavy (non-hydrogen) atoms. The smallest absolute Gasteiger partial charge is 0.257 e. The first-order chi connectivity index (χ1) is 16.1. The van der Waals surface area contributed by atoms with Crippen LogP contribution in [0.2, 0.25) is 0 Å². The van der Waals surface area contributed by atoms with Crippen LogP contribution in [0, 0.1) is 11.8 Å². The molecule has 1 fully saturated rings. The Morgan fingerprint density at radius 3 is 2.26 bits per heavy atom. The lowest BCUT2D eigenvalue weighted by molar-refractivity contribution is 0.0693. The molecule has 8 heteroatoms. The first kappa shape index (κ1) is 26.0. The number of hydrogen-bond donors (Lipinski definition) is 1. The fraction of sp³-hybridized carbons (Fsp3) is 0.500. The lowest BCUT2D eigenvalue weighted by atomic mass is 9.98. The highest BCUT2D eigenvalue weighted by molar-refractivity contribution is 7.89. The second-order valence-corrected chi connectivity index (χ2v) is 11.1. The molecule has 1 unspecified atom stereocenters. The molecule has 1 aliphatic heterocycles. The Morgan fingerprint density at radius 1 is 1.06 bits per heavy atom. The van der Waals surface area contributed by atoms with Gasteiger partial charge < -0.3 is 14.4 Å². The van der Waals surface area contributed by atoms with Crippen LogP contribution in [-0.2, 0) is 10.0 Å². The molecule has 3 rings (SSSR count). The Morgan fingerprint density at radius 2 is 1.71 bits per heavy atom. The number of ether oxygens (including phenoxy) is 2. The van der Waals surface area contributed by atoms with Crippen LogP contribution in [-0.4, -0.2) is 46.5 Å². The van der Waals surface area contributed by atoms with Gasteiger partial charge in [0.15, 0.2) is 0 Å². The number of benzene rings is 2. The third-order valence-corrected chi connectivity index (χ3v) is 7.77. The van der Waals surface area contributed by atoms with Gasteiger partial charge in [-0.25, -0.2) is 13.1 Å². The maximum atomic E-state index is 13.4. The van der Waals surface area contributed by atoms with Crippen LogP contribution in [0.15, 0.2) is 47.4 Å². The monoisotopic (exact) mass is 488 g/mol. The maximum absolute atomic E-state index is 13.4. The average Bonchev–Trinajstić information content (AvgIpc) is 2.83. The van der Waals surface area contributed by atoms with Crippen molar-refractivity contribution in [1.29, 1.82) is 0 Å². The highest BCUT2D eigenvalue weighted by Gasteiger charge is 2.27. The van der Waals surface area contributed by atoms with Crippen molar-refractivity contribution in [2.24, 2.45) is 11.8 Å². The minimum absolute atomic E-state index is 0.0456. The second kappa shape index (κ2) is 11.2. The second-order valence-electron chi connectivity index (χ2n) is 9.41. The SMILES string of the molecule is COc1ccc(C(CC(C)C)NS(=O)(=O)c2ccc(OC)c(C(=O)N3CCC(C)CC3)c2)cc1. The third-order valence-electron chi connectivity index (χ3n) is 6.31. The highest BCUT2D eigenvalue weighted by atomic mass is 32.2. The maximum Gasteiger partial charge on any atom is 0.257 e. The van der Waals surface area contributed by atoms with Crippen molar-refractivity contribution in [2.75, 3.05) is 27.3 Å². The molecule has 2 aromatic carbocycles. The fourth-order valence-electron chi connectivity index (χ4n) is 4.22. The van der Waals surface area contributed by atoms with E-state index in [4.69, 9.17) is 9.47 Å². The summed E-state index contributed by atoms with van der Waals surface area (Å²) in [6.45, 7) is 7.60. The van der Waals surface area contributed by atoms with Crippen molar-refractivity contribution < 1.29 is 22.7 Å². The lowest BCUT2D eigenvalue weighted by Crippen LogP contribution is -2.38. The molecule has 0 spiro atoms. The Bertz CT molecular complexity index is 1070. The number of nitrogens with zero attached hydrogens (tertiary/aromatic N) is 1. The molecule has 0 saturated carbocycles. The van der Waals surface area contributed by atoms with Gasteiger partial charge in [-0.1, -0.05) is 32.9 Å². The van der Waals surface area contributed by atoms with Gasteiger partial charge >= 0.3 is 0 Å². The number of rotatable bonds is 9. The Hall–Kier alpha value is -2.58. The number of methoxy groups -OCH3 is 2. The molecule has 0 aromatic heterocycles. The number of likely N-dealkylation sites (tertiary alicyclic amines) is 1. The van der Waals surface area contributed by atoms with Gasteiger partial charge in [-0.2, -0.15) is 0 Å². The summed E-state index contributed by atoms with van der Waals surface area (Å²) < 4.78 is 40.3. The Kier molecular flexibility index (Phi) is 8.60. The van der Waals surface area contributed by atoms with Gasteiger partial charge in [0.05, 0.1) is 24.7 Å². The van der Waals surface area contributed by atoms with Crippen LogP contribution in [0.1, 0.15) is 62.0 Å². The van der Waals surface area contributed by atoms with E-state index >= 15 is 0 Å². The molecule has 186 valence electrons. The number of amides is 1. The number of sulfonamides is 1. The van der Waals surface area contributed by atoms with E-state index in [1.165, 1.54) is 19.2 Å². The van der Waals surface area contributed by atoms with Crippen molar-refractivity contribution in [3.63, 3.8) is 0 Å². The number of piperidine rings is 1. The van der Waals surface area contributed by atoms with E-state index in [0.717, 1.165) is 18.4 Å². The van der Waals surface area contributed by atoms with Crippen molar-refractivity contribution in [3.8, 4) is 11.5 Å². The standard InChI is InChI=1S/C26H36N2O5S/c1-18(2)16-24(20-6-8-21(32-4)9-7-20)27-34(30,31)22-10-11-25(33-5)23(17-22)26(29)28-14-12-19(3)13-15-28/h6-11,17-19,24,27H,12-16H2,1-5H3. The molecule has 0 radical (unpaired) electrons. The largest absolute Gasteiger partial charge is 0.497 e. The number of carbonyl (C=O) groups excluding carboxylic acids is 1. The summed E-state index contributed by atoms with van der Waals surface area (Å²) in [5.74, 6) is 1.73. The van der Waals surface area contributed by atoms with Crippen molar-refractivity contribution >= 4 is 15.9 Å². The van der Waals surface area contributed by atoms with Gasteiger partial charge in [-0.15, -0.1) is 0 Å². The minimum Gasteiger partial charge on any atom is -0.497 e. The van der Waals surface area contributed by atoms with E-state index in [2.05, 4.69) is 25.5 Å². The molecule has 1 heterocycles. The predicted octanol–water partition coefficient (Wildman–Crippen LogP) is 4.64. The van der Waals surface area contributed by atoms with Gasteiger partial charge in [0.2, 0.25) is 10.0 Å². The average molecular weight is 489 g/mol. The van der Waals surface area contributed by atoms with E-state index in [0.29, 0.717) is 36.9 Å². The van der Waals surface area contributed by atoms with E-state index in [-0.39, 0.29) is 22.3 Å². The summed E-state index contributed by atoms with van der Waals surface area (Å²) in [5.41, 5.74) is 1.12. The highest BCUT2D eigenvalue weighted by Crippen LogP contribution is 2.29. The van der Waals surface area contributed by atoms with Crippen LogP contribution >= 0.6 is 0 Å². The van der Waals surface area contributed by atoms with Gasteiger partial charge in [0, 0.05) is 19.1 Å². The number of nitrogens with one attached hydrogen (secondary N) is 1. The summed E-state index contributed by atoms with van der Waals surface area (Å²) in [4.78, 5) is 15.1. The summed E-state index contributed by atoms with van der Waals surface area (Å²) in [5, 5.41) is 0. The molecule has 1 aliphatic rings. The van der Waals surface area contributed by atoms with Crippen molar-refractivity contribution in [1.82, 2.24) is 9.62 Å². The minimum atomic E-state index is -3.90. The zero-order valence-corrected chi connectivity index (χ0v) is 21.5. The summed E-state index contributed by atoms with van der Waals surface area (Å²) in [6, 6.07) is 11.4. The first-order valence-corrected chi connectivity index (χ1v) is 13.3. The van der Waals surface area contributed by atoms with E-state index in [1.807, 2.05) is 24.3 Å². The molecule has 0 bridgehead atoms. The lowest BCUT2D eigenvalue weighted by Gasteiger charge is -2.30. The fourth-order valence-corrected chi connectivity index (χ4v) is 5.48. The van der Waals surface area contributed by atoms with Crippen LogP contribution < -0.4 is 14.2 Å². The van der Waals surface area contributed by atoms with E-state index in [9.17, 15) is 13.2 Å². The molecular weight excluding hydrogens is 452 g/mol. The third kappa shape index (κ3) is 6.30. The van der Waals surface area contributed by atoms with E-state index in [1.54, 1.807) is 18.1 Å². The van der Waals surface area contributed by atoms with Crippen LogP contribution in [0.3, 0.4) is 0 Å². The quantitative estimate of drug-likeness (QED) is 0.556. The Balaban J connectivity index is 1.90. The molecule has 1 amide bonds. The first-order valence-electron chi connectivity index (χ1n) is 11.8. The molecule has 1 saturated heterocycles. The van der Waals surface area contributed by atoms with Crippen LogP contribution in [0.5, 0.6) is 11.5 Å². The van der Waals surface area contributed by atoms with Gasteiger partial charge in [0.25, 0.3) is 5.91 Å². The molecular formula is C26H36N2O5S. The summed E-state index contributed by atoms with van der Waals surface area (Å²) >= 11 is 0. The van der Waals surface area contributed by atoms with Gasteiger partial charge in [-0.05, 0) is 67.0 Å². The van der Waals surface area contributed by atoms with Gasteiger partial charge in [0.1, 0.15) is 11.5 Å². The number of hydrogen-bond acceptors (Lipinski definition) is 5. The van der Waals surface area contributed by atoms with Crippen molar-refractivity contribution in [3.05, 3.63) is 53.6 Å². The summed E-state index contributed by atoms with van der Waals surface area (Å²) in [6.07, 6.45) is 2.50. The molecule has 0 aliphatic carbocycles. The topological polar surface area (TPSA) is 84.9 Å². The van der Waals surface area contributed by atoms with Crippen molar-refractivity contribution in [2.45, 2.75) is 51.0 Å². The zero-order valence-electron chi connectivity index (χ0n) is 20.7. The van der Waals surface area contributed by atoms with E-state index < -0.39 is 16.1 Å². The van der Waals surface area contributed by atoms with Gasteiger partial charge in [-0.3, -0.25) is 4.79 Å². The normalized spacial score (nSPS) is 15.9. The zero-order chi connectivity index (χ0) is 24.9. The molecule has 7 nitrogen and oxygen atoms in total. The Labute approximate surface area is 203 Å². The molecule has 2 aromatic rings. The molecule has 1 N–H and O–H groups in total.